The molecule has 2 aliphatic rings. The van der Waals surface area contributed by atoms with Gasteiger partial charge in [0.1, 0.15) is 5.75 Å². The summed E-state index contributed by atoms with van der Waals surface area (Å²) in [4.78, 5) is 10.8. The monoisotopic (exact) mass is 322 g/mol. The van der Waals surface area contributed by atoms with E-state index in [4.69, 9.17) is 4.74 Å². The summed E-state index contributed by atoms with van der Waals surface area (Å²) in [5, 5.41) is 14.7. The Bertz CT molecular complexity index is 831. The molecule has 1 heterocycles. The highest BCUT2D eigenvalue weighted by Gasteiger charge is 2.39. The summed E-state index contributed by atoms with van der Waals surface area (Å²) >= 11 is 0. The Hall–Kier alpha value is -2.82. The summed E-state index contributed by atoms with van der Waals surface area (Å²) in [7, 11) is 1.66. The number of hydrogen-bond donors (Lipinski definition) is 1. The average molecular weight is 322 g/mol. The molecular weight excluding hydrogens is 304 g/mol. The highest BCUT2D eigenvalue weighted by Crippen LogP contribution is 2.52. The molecule has 24 heavy (non-hydrogen) atoms. The molecule has 0 radical (unpaired) electrons. The SMILES string of the molecule is COc1cccc2c1N[C@@H](c1cccc([N+](=O)[O-])c1)[C@@H]1CC=C[C@H]21. The van der Waals surface area contributed by atoms with Gasteiger partial charge in [-0.15, -0.1) is 0 Å². The van der Waals surface area contributed by atoms with Gasteiger partial charge in [0.05, 0.1) is 23.8 Å². The maximum absolute atomic E-state index is 11.1. The number of anilines is 1. The number of ether oxygens (including phenoxy) is 1. The van der Waals surface area contributed by atoms with Crippen molar-refractivity contribution >= 4 is 11.4 Å². The minimum absolute atomic E-state index is 0.0219. The molecule has 0 spiro atoms. The first-order chi connectivity index (χ1) is 11.7. The first-order valence-electron chi connectivity index (χ1n) is 8.03. The van der Waals surface area contributed by atoms with Crippen LogP contribution < -0.4 is 10.1 Å². The van der Waals surface area contributed by atoms with Gasteiger partial charge >= 0.3 is 0 Å². The molecule has 0 fully saturated rings. The van der Waals surface area contributed by atoms with Crippen LogP contribution in [0.5, 0.6) is 5.75 Å². The lowest BCUT2D eigenvalue weighted by Crippen LogP contribution is -2.29. The topological polar surface area (TPSA) is 64.4 Å². The molecule has 5 nitrogen and oxygen atoms in total. The van der Waals surface area contributed by atoms with Gasteiger partial charge in [0.15, 0.2) is 0 Å². The number of benzene rings is 2. The molecule has 0 bridgehead atoms. The number of rotatable bonds is 3. The van der Waals surface area contributed by atoms with Crippen molar-refractivity contribution in [3.05, 3.63) is 75.9 Å². The molecular formula is C19H18N2O3. The van der Waals surface area contributed by atoms with Crippen LogP contribution in [0.1, 0.15) is 29.5 Å². The van der Waals surface area contributed by atoms with Crippen molar-refractivity contribution in [2.24, 2.45) is 5.92 Å². The normalized spacial score (nSPS) is 24.0. The van der Waals surface area contributed by atoms with Crippen molar-refractivity contribution < 1.29 is 9.66 Å². The summed E-state index contributed by atoms with van der Waals surface area (Å²) in [6.07, 6.45) is 5.41. The average Bonchev–Trinajstić information content (AvgIpc) is 3.10. The first-order valence-corrected chi connectivity index (χ1v) is 8.03. The molecule has 2 aromatic rings. The van der Waals surface area contributed by atoms with Gasteiger partial charge in [0, 0.05) is 18.1 Å². The minimum Gasteiger partial charge on any atom is -0.495 e. The second-order valence-corrected chi connectivity index (χ2v) is 6.25. The number of nitrogens with one attached hydrogen (secondary N) is 1. The van der Waals surface area contributed by atoms with Gasteiger partial charge in [-0.2, -0.15) is 0 Å². The zero-order chi connectivity index (χ0) is 16.7. The van der Waals surface area contributed by atoms with Crippen LogP contribution in [0.3, 0.4) is 0 Å². The number of allylic oxidation sites excluding steroid dienone is 2. The molecule has 0 amide bonds. The molecule has 122 valence electrons. The van der Waals surface area contributed by atoms with Gasteiger partial charge in [0.25, 0.3) is 5.69 Å². The smallest absolute Gasteiger partial charge is 0.269 e. The maximum Gasteiger partial charge on any atom is 0.269 e. The molecule has 1 aliphatic heterocycles. The Morgan fingerprint density at radius 1 is 1.25 bits per heavy atom. The molecule has 5 heteroatoms. The largest absolute Gasteiger partial charge is 0.495 e. The van der Waals surface area contributed by atoms with Crippen molar-refractivity contribution in [1.82, 2.24) is 0 Å². The van der Waals surface area contributed by atoms with Gasteiger partial charge < -0.3 is 10.1 Å². The third kappa shape index (κ3) is 2.24. The molecule has 2 aromatic carbocycles. The number of hydrogen-bond acceptors (Lipinski definition) is 4. The fourth-order valence-corrected chi connectivity index (χ4v) is 3.92. The molecule has 4 rings (SSSR count). The molecule has 0 aromatic heterocycles. The van der Waals surface area contributed by atoms with Crippen molar-refractivity contribution in [3.8, 4) is 5.75 Å². The summed E-state index contributed by atoms with van der Waals surface area (Å²) < 4.78 is 5.51. The lowest BCUT2D eigenvalue weighted by atomic mass is 9.77. The van der Waals surface area contributed by atoms with E-state index in [0.717, 1.165) is 23.4 Å². The third-order valence-corrected chi connectivity index (χ3v) is 5.02. The summed E-state index contributed by atoms with van der Waals surface area (Å²) in [6.45, 7) is 0. The fourth-order valence-electron chi connectivity index (χ4n) is 3.92. The summed E-state index contributed by atoms with van der Waals surface area (Å²) in [6, 6.07) is 13.0. The van der Waals surface area contributed by atoms with E-state index in [-0.39, 0.29) is 16.7 Å². The van der Waals surface area contributed by atoms with Crippen LogP contribution in [0, 0.1) is 16.0 Å². The lowest BCUT2D eigenvalue weighted by molar-refractivity contribution is -0.384. The Morgan fingerprint density at radius 2 is 2.08 bits per heavy atom. The van der Waals surface area contributed by atoms with Crippen molar-refractivity contribution in [3.63, 3.8) is 0 Å². The third-order valence-electron chi connectivity index (χ3n) is 5.02. The van der Waals surface area contributed by atoms with E-state index in [0.29, 0.717) is 11.8 Å². The van der Waals surface area contributed by atoms with Gasteiger partial charge in [-0.25, -0.2) is 0 Å². The van der Waals surface area contributed by atoms with Crippen LogP contribution in [0.25, 0.3) is 0 Å². The van der Waals surface area contributed by atoms with E-state index in [2.05, 4.69) is 23.5 Å². The molecule has 3 atom stereocenters. The predicted molar refractivity (Wildman–Crippen MR) is 92.4 cm³/mol. The molecule has 0 saturated carbocycles. The zero-order valence-corrected chi connectivity index (χ0v) is 13.3. The van der Waals surface area contributed by atoms with E-state index >= 15 is 0 Å². The Morgan fingerprint density at radius 3 is 2.88 bits per heavy atom. The van der Waals surface area contributed by atoms with Crippen molar-refractivity contribution in [1.29, 1.82) is 0 Å². The molecule has 0 saturated heterocycles. The van der Waals surface area contributed by atoms with Crippen LogP contribution in [0.4, 0.5) is 11.4 Å². The Labute approximate surface area is 140 Å². The fraction of sp³-hybridized carbons (Fsp3) is 0.263. The van der Waals surface area contributed by atoms with Crippen LogP contribution in [-0.4, -0.2) is 12.0 Å². The number of para-hydroxylation sites is 1. The van der Waals surface area contributed by atoms with Crippen LogP contribution >= 0.6 is 0 Å². The van der Waals surface area contributed by atoms with E-state index in [1.54, 1.807) is 19.2 Å². The number of methoxy groups -OCH3 is 1. The minimum atomic E-state index is -0.342. The van der Waals surface area contributed by atoms with Gasteiger partial charge in [-0.3, -0.25) is 10.1 Å². The highest BCUT2D eigenvalue weighted by molar-refractivity contribution is 5.67. The Balaban J connectivity index is 1.80. The number of non-ortho nitro benzene ring substituents is 1. The van der Waals surface area contributed by atoms with Crippen molar-refractivity contribution in [2.75, 3.05) is 12.4 Å². The quantitative estimate of drug-likeness (QED) is 0.516. The van der Waals surface area contributed by atoms with E-state index < -0.39 is 0 Å². The standard InChI is InChI=1S/C19H18N2O3/c1-24-17-10-4-9-16-14-7-3-8-15(14)18(20-19(16)17)12-5-2-6-13(11-12)21(22)23/h2-7,9-11,14-15,18,20H,8H2,1H3/t14-,15+,18-/m0/s1. The highest BCUT2D eigenvalue weighted by atomic mass is 16.6. The predicted octanol–water partition coefficient (Wildman–Crippen LogP) is 4.43. The van der Waals surface area contributed by atoms with Gasteiger partial charge in [0.2, 0.25) is 0 Å². The van der Waals surface area contributed by atoms with Crippen LogP contribution in [0.15, 0.2) is 54.6 Å². The van der Waals surface area contributed by atoms with E-state index in [1.807, 2.05) is 18.2 Å². The van der Waals surface area contributed by atoms with Gasteiger partial charge in [-0.1, -0.05) is 36.4 Å². The second kappa shape index (κ2) is 5.67. The summed E-state index contributed by atoms with van der Waals surface area (Å²) in [5.41, 5.74) is 3.29. The van der Waals surface area contributed by atoms with E-state index in [9.17, 15) is 10.1 Å². The molecule has 0 unspecified atom stereocenters. The van der Waals surface area contributed by atoms with Crippen LogP contribution in [-0.2, 0) is 0 Å². The van der Waals surface area contributed by atoms with Gasteiger partial charge in [-0.05, 0) is 29.5 Å². The first kappa shape index (κ1) is 14.8. The zero-order valence-electron chi connectivity index (χ0n) is 13.3. The number of nitrogens with zero attached hydrogens (tertiary/aromatic N) is 1. The van der Waals surface area contributed by atoms with Crippen LogP contribution in [0.2, 0.25) is 0 Å². The molecule has 1 aliphatic carbocycles. The Kier molecular flexibility index (Phi) is 3.49. The second-order valence-electron chi connectivity index (χ2n) is 6.25. The lowest BCUT2D eigenvalue weighted by Gasteiger charge is -2.38. The molecule has 1 N–H and O–H groups in total. The number of nitro benzene ring substituents is 1. The van der Waals surface area contributed by atoms with Crippen molar-refractivity contribution in [2.45, 2.75) is 18.4 Å². The summed E-state index contributed by atoms with van der Waals surface area (Å²) in [5.74, 6) is 1.47. The van der Waals surface area contributed by atoms with E-state index in [1.165, 1.54) is 11.6 Å². The number of nitro groups is 1. The maximum atomic E-state index is 11.1. The number of fused-ring (bicyclic) bond motifs is 3.